The number of nitro groups is 1. The van der Waals surface area contributed by atoms with Crippen molar-refractivity contribution in [1.82, 2.24) is 9.47 Å². The molecule has 1 aliphatic heterocycles. The monoisotopic (exact) mass is 401 g/mol. The first kappa shape index (κ1) is 19.4. The number of thioether (sulfide) groups is 1. The number of rotatable bonds is 5. The van der Waals surface area contributed by atoms with E-state index in [1.807, 2.05) is 0 Å². The zero-order valence-electron chi connectivity index (χ0n) is 14.9. The summed E-state index contributed by atoms with van der Waals surface area (Å²) in [7, 11) is 1.18. The average molecular weight is 401 g/mol. The molecule has 28 heavy (non-hydrogen) atoms. The molecule has 1 saturated heterocycles. The lowest BCUT2D eigenvalue weighted by Crippen LogP contribution is -2.42. The molecular weight excluding hydrogens is 386 g/mol. The molecular formula is C18H15N3O6S. The lowest BCUT2D eigenvalue weighted by molar-refractivity contribution is -0.384. The molecule has 1 aromatic heterocycles. The Labute approximate surface area is 163 Å². The highest BCUT2D eigenvalue weighted by atomic mass is 32.2. The zero-order chi connectivity index (χ0) is 20.4. The Hall–Kier alpha value is -3.40. The number of ether oxygens (including phenoxy) is 1. The van der Waals surface area contributed by atoms with Crippen LogP contribution in [0.4, 0.5) is 10.5 Å². The van der Waals surface area contributed by atoms with Crippen LogP contribution < -0.4 is 0 Å². The number of benzene rings is 1. The standard InChI is InChI=1S/C18H15N3O6S/c1-11(17(23)27-2)20-16(22)15(28-18(20)24)10-13-7-4-8-19(13)12-5-3-6-14(9-12)21(25)26/h3-11H,1-2H3/b15-10+/t11-/m0/s1. The Morgan fingerprint density at radius 2 is 2.04 bits per heavy atom. The molecule has 2 aromatic rings. The Morgan fingerprint density at radius 1 is 1.29 bits per heavy atom. The van der Waals surface area contributed by atoms with Crippen molar-refractivity contribution in [3.8, 4) is 5.69 Å². The summed E-state index contributed by atoms with van der Waals surface area (Å²) in [6.07, 6.45) is 3.19. The van der Waals surface area contributed by atoms with Crippen LogP contribution in [-0.4, -0.2) is 44.7 Å². The summed E-state index contributed by atoms with van der Waals surface area (Å²) in [4.78, 5) is 48.0. The molecule has 2 heterocycles. The van der Waals surface area contributed by atoms with Gasteiger partial charge in [0.15, 0.2) is 0 Å². The van der Waals surface area contributed by atoms with E-state index in [9.17, 15) is 24.5 Å². The quantitative estimate of drug-likeness (QED) is 0.328. The molecule has 0 saturated carbocycles. The summed E-state index contributed by atoms with van der Waals surface area (Å²) >= 11 is 0.717. The second-order valence-corrected chi connectivity index (χ2v) is 6.82. The lowest BCUT2D eigenvalue weighted by Gasteiger charge is -2.18. The number of imide groups is 1. The van der Waals surface area contributed by atoms with E-state index in [-0.39, 0.29) is 10.6 Å². The number of methoxy groups -OCH3 is 1. The van der Waals surface area contributed by atoms with Gasteiger partial charge in [-0.2, -0.15) is 0 Å². The summed E-state index contributed by atoms with van der Waals surface area (Å²) in [6.45, 7) is 1.41. The smallest absolute Gasteiger partial charge is 0.328 e. The first-order chi connectivity index (χ1) is 13.3. The van der Waals surface area contributed by atoms with Gasteiger partial charge < -0.3 is 9.30 Å². The summed E-state index contributed by atoms with van der Waals surface area (Å²) in [5, 5.41) is 10.4. The fraction of sp³-hybridized carbons (Fsp3) is 0.167. The average Bonchev–Trinajstić information content (AvgIpc) is 3.25. The van der Waals surface area contributed by atoms with Gasteiger partial charge in [0.25, 0.3) is 16.8 Å². The van der Waals surface area contributed by atoms with Gasteiger partial charge in [0.2, 0.25) is 0 Å². The molecule has 1 fully saturated rings. The number of aromatic nitrogens is 1. The van der Waals surface area contributed by atoms with Gasteiger partial charge in [0.05, 0.1) is 22.6 Å². The number of carbonyl (C=O) groups excluding carboxylic acids is 3. The Balaban J connectivity index is 1.94. The molecule has 0 unspecified atom stereocenters. The van der Waals surface area contributed by atoms with E-state index in [2.05, 4.69) is 4.74 Å². The molecule has 1 aliphatic rings. The SMILES string of the molecule is COC(=O)[C@H](C)N1C(=O)S/C(=C/c2cccn2-c2cccc([N+](=O)[O-])c2)C1=O. The fourth-order valence-electron chi connectivity index (χ4n) is 2.73. The molecule has 10 heteroatoms. The summed E-state index contributed by atoms with van der Waals surface area (Å²) < 4.78 is 6.25. The molecule has 0 radical (unpaired) electrons. The highest BCUT2D eigenvalue weighted by Crippen LogP contribution is 2.34. The van der Waals surface area contributed by atoms with Gasteiger partial charge in [-0.15, -0.1) is 0 Å². The van der Waals surface area contributed by atoms with Crippen LogP contribution in [0.15, 0.2) is 47.5 Å². The van der Waals surface area contributed by atoms with Gasteiger partial charge in [-0.25, -0.2) is 4.79 Å². The first-order valence-corrected chi connectivity index (χ1v) is 8.92. The van der Waals surface area contributed by atoms with Crippen molar-refractivity contribution in [3.05, 3.63) is 63.3 Å². The van der Waals surface area contributed by atoms with Crippen molar-refractivity contribution < 1.29 is 24.0 Å². The third-order valence-electron chi connectivity index (χ3n) is 4.13. The molecule has 0 N–H and O–H groups in total. The predicted octanol–water partition coefficient (Wildman–Crippen LogP) is 2.98. The van der Waals surface area contributed by atoms with E-state index in [1.165, 1.54) is 32.2 Å². The van der Waals surface area contributed by atoms with Crippen LogP contribution in [0.3, 0.4) is 0 Å². The molecule has 2 amide bonds. The summed E-state index contributed by atoms with van der Waals surface area (Å²) in [5.74, 6) is -1.29. The number of nitrogens with zero attached hydrogens (tertiary/aromatic N) is 3. The predicted molar refractivity (Wildman–Crippen MR) is 102 cm³/mol. The van der Waals surface area contributed by atoms with E-state index < -0.39 is 28.1 Å². The van der Waals surface area contributed by atoms with Gasteiger partial charge in [-0.05, 0) is 43.0 Å². The number of hydrogen-bond acceptors (Lipinski definition) is 7. The van der Waals surface area contributed by atoms with Crippen molar-refractivity contribution in [2.24, 2.45) is 0 Å². The van der Waals surface area contributed by atoms with E-state index >= 15 is 0 Å². The van der Waals surface area contributed by atoms with Crippen LogP contribution in [-0.2, 0) is 14.3 Å². The third-order valence-corrected chi connectivity index (χ3v) is 5.01. The number of amides is 2. The molecule has 9 nitrogen and oxygen atoms in total. The van der Waals surface area contributed by atoms with Crippen molar-refractivity contribution >= 4 is 40.6 Å². The van der Waals surface area contributed by atoms with Crippen LogP contribution in [0.1, 0.15) is 12.6 Å². The molecule has 3 rings (SSSR count). The number of hydrogen-bond donors (Lipinski definition) is 0. The van der Waals surface area contributed by atoms with Gasteiger partial charge >= 0.3 is 5.97 Å². The molecule has 0 bridgehead atoms. The summed E-state index contributed by atoms with van der Waals surface area (Å²) in [5.41, 5.74) is 1.02. The Morgan fingerprint density at radius 3 is 2.71 bits per heavy atom. The van der Waals surface area contributed by atoms with E-state index in [0.717, 1.165) is 16.7 Å². The van der Waals surface area contributed by atoms with Gasteiger partial charge in [0.1, 0.15) is 6.04 Å². The van der Waals surface area contributed by atoms with Crippen LogP contribution in [0.25, 0.3) is 11.8 Å². The topological polar surface area (TPSA) is 112 Å². The number of nitro benzene ring substituents is 1. The summed E-state index contributed by atoms with van der Waals surface area (Å²) in [6, 6.07) is 8.42. The minimum Gasteiger partial charge on any atom is -0.467 e. The number of esters is 1. The van der Waals surface area contributed by atoms with Crippen LogP contribution in [0.5, 0.6) is 0 Å². The maximum atomic E-state index is 12.6. The van der Waals surface area contributed by atoms with E-state index in [4.69, 9.17) is 0 Å². The second kappa shape index (κ2) is 7.69. The number of carbonyl (C=O) groups is 3. The van der Waals surface area contributed by atoms with Crippen molar-refractivity contribution in [3.63, 3.8) is 0 Å². The normalized spacial score (nSPS) is 16.5. The molecule has 144 valence electrons. The third kappa shape index (κ3) is 3.54. The maximum absolute atomic E-state index is 12.6. The second-order valence-electron chi connectivity index (χ2n) is 5.83. The van der Waals surface area contributed by atoms with Crippen molar-refractivity contribution in [2.75, 3.05) is 7.11 Å². The van der Waals surface area contributed by atoms with Gasteiger partial charge in [0, 0.05) is 24.0 Å². The van der Waals surface area contributed by atoms with Crippen LogP contribution in [0.2, 0.25) is 0 Å². The fourth-order valence-corrected chi connectivity index (χ4v) is 3.62. The van der Waals surface area contributed by atoms with Gasteiger partial charge in [-0.1, -0.05) is 6.07 Å². The number of non-ortho nitro benzene ring substituents is 1. The van der Waals surface area contributed by atoms with Crippen LogP contribution >= 0.6 is 11.8 Å². The maximum Gasteiger partial charge on any atom is 0.328 e. The Kier molecular flexibility index (Phi) is 5.32. The molecule has 1 atom stereocenters. The highest BCUT2D eigenvalue weighted by Gasteiger charge is 2.41. The first-order valence-electron chi connectivity index (χ1n) is 8.10. The minimum atomic E-state index is -1.04. The Bertz CT molecular complexity index is 1010. The van der Waals surface area contributed by atoms with Crippen molar-refractivity contribution in [1.29, 1.82) is 0 Å². The largest absolute Gasteiger partial charge is 0.467 e. The zero-order valence-corrected chi connectivity index (χ0v) is 15.7. The van der Waals surface area contributed by atoms with Crippen molar-refractivity contribution in [2.45, 2.75) is 13.0 Å². The lowest BCUT2D eigenvalue weighted by atomic mass is 10.2. The molecule has 0 aliphatic carbocycles. The highest BCUT2D eigenvalue weighted by molar-refractivity contribution is 8.18. The minimum absolute atomic E-state index is 0.0654. The van der Waals surface area contributed by atoms with E-state index in [1.54, 1.807) is 35.0 Å². The van der Waals surface area contributed by atoms with Gasteiger partial charge in [-0.3, -0.25) is 24.6 Å². The van der Waals surface area contributed by atoms with Crippen LogP contribution in [0, 0.1) is 10.1 Å². The molecule has 0 spiro atoms. The molecule has 1 aromatic carbocycles. The van der Waals surface area contributed by atoms with E-state index in [0.29, 0.717) is 11.4 Å².